The lowest BCUT2D eigenvalue weighted by Gasteiger charge is -2.25. The Labute approximate surface area is 174 Å². The molecule has 0 heterocycles. The zero-order chi connectivity index (χ0) is 20.7. The molecule has 3 aromatic rings. The Bertz CT molecular complexity index is 938. The molecule has 3 aromatic carbocycles. The molecule has 0 unspecified atom stereocenters. The molecule has 0 aliphatic carbocycles. The Morgan fingerprint density at radius 1 is 0.862 bits per heavy atom. The summed E-state index contributed by atoms with van der Waals surface area (Å²) in [7, 11) is 0. The zero-order valence-corrected chi connectivity index (χ0v) is 17.8. The maximum Gasteiger partial charge on any atom is 0.127 e. The van der Waals surface area contributed by atoms with Crippen molar-refractivity contribution in [2.75, 3.05) is 6.61 Å². The molecular formula is C27H30O2. The van der Waals surface area contributed by atoms with E-state index in [0.29, 0.717) is 13.2 Å². The second-order valence-corrected chi connectivity index (χ2v) is 7.99. The fourth-order valence-corrected chi connectivity index (χ4v) is 3.18. The van der Waals surface area contributed by atoms with E-state index in [1.165, 1.54) is 16.7 Å². The molecule has 0 amide bonds. The molecule has 2 heteroatoms. The van der Waals surface area contributed by atoms with Gasteiger partial charge >= 0.3 is 0 Å². The van der Waals surface area contributed by atoms with Crippen molar-refractivity contribution in [2.45, 2.75) is 39.7 Å². The first-order valence-electron chi connectivity index (χ1n) is 10.1. The monoisotopic (exact) mass is 386 g/mol. The van der Waals surface area contributed by atoms with Crippen molar-refractivity contribution in [2.24, 2.45) is 0 Å². The van der Waals surface area contributed by atoms with E-state index in [9.17, 15) is 0 Å². The van der Waals surface area contributed by atoms with Crippen molar-refractivity contribution >= 4 is 5.57 Å². The normalized spacial score (nSPS) is 12.1. The minimum Gasteiger partial charge on any atom is -0.457 e. The van der Waals surface area contributed by atoms with Crippen LogP contribution in [0.3, 0.4) is 0 Å². The van der Waals surface area contributed by atoms with Crippen LogP contribution in [0.5, 0.6) is 11.5 Å². The van der Waals surface area contributed by atoms with Crippen molar-refractivity contribution < 1.29 is 9.47 Å². The summed E-state index contributed by atoms with van der Waals surface area (Å²) >= 11 is 0. The topological polar surface area (TPSA) is 18.5 Å². The standard InChI is InChI=1S/C27H30O2/c1-5-21(2)23-14-16-24(17-15-23)27(3,4)20-28-19-22-10-9-13-26(18-22)29-25-11-7-6-8-12-25/h5-18H,19-20H2,1-4H3. The highest BCUT2D eigenvalue weighted by Gasteiger charge is 2.21. The van der Waals surface area contributed by atoms with Gasteiger partial charge in [0.25, 0.3) is 0 Å². The van der Waals surface area contributed by atoms with Crippen LogP contribution in [0, 0.1) is 0 Å². The van der Waals surface area contributed by atoms with Crippen LogP contribution < -0.4 is 4.74 Å². The lowest BCUT2D eigenvalue weighted by molar-refractivity contribution is 0.0824. The first-order chi connectivity index (χ1) is 14.0. The Morgan fingerprint density at radius 2 is 1.55 bits per heavy atom. The van der Waals surface area contributed by atoms with Crippen LogP contribution in [0.4, 0.5) is 0 Å². The lowest BCUT2D eigenvalue weighted by atomic mass is 9.85. The molecule has 3 rings (SSSR count). The van der Waals surface area contributed by atoms with E-state index in [1.807, 2.05) is 48.5 Å². The Hall–Kier alpha value is -2.84. The fourth-order valence-electron chi connectivity index (χ4n) is 3.18. The summed E-state index contributed by atoms with van der Waals surface area (Å²) in [6.45, 7) is 9.86. The average Bonchev–Trinajstić information content (AvgIpc) is 2.74. The molecule has 0 bridgehead atoms. The highest BCUT2D eigenvalue weighted by atomic mass is 16.5. The third-order valence-electron chi connectivity index (χ3n) is 5.16. The van der Waals surface area contributed by atoms with E-state index in [1.54, 1.807) is 0 Å². The maximum atomic E-state index is 6.08. The predicted octanol–water partition coefficient (Wildman–Crippen LogP) is 7.40. The summed E-state index contributed by atoms with van der Waals surface area (Å²) in [5, 5.41) is 0. The van der Waals surface area contributed by atoms with Gasteiger partial charge in [-0.15, -0.1) is 0 Å². The molecule has 0 fully saturated rings. The summed E-state index contributed by atoms with van der Waals surface area (Å²) in [4.78, 5) is 0. The number of allylic oxidation sites excluding steroid dienone is 2. The molecule has 0 atom stereocenters. The van der Waals surface area contributed by atoms with Gasteiger partial charge < -0.3 is 9.47 Å². The largest absolute Gasteiger partial charge is 0.457 e. The van der Waals surface area contributed by atoms with Crippen LogP contribution in [0.1, 0.15) is 44.4 Å². The van der Waals surface area contributed by atoms with E-state index < -0.39 is 0 Å². The molecule has 2 nitrogen and oxygen atoms in total. The third-order valence-corrected chi connectivity index (χ3v) is 5.16. The van der Waals surface area contributed by atoms with E-state index in [2.05, 4.69) is 64.1 Å². The SMILES string of the molecule is CC=C(C)c1ccc(C(C)(C)COCc2cccc(Oc3ccccc3)c2)cc1. The second kappa shape index (κ2) is 9.58. The quantitative estimate of drug-likeness (QED) is 0.401. The summed E-state index contributed by atoms with van der Waals surface area (Å²) in [5.41, 5.74) is 4.89. The number of para-hydroxylation sites is 1. The third kappa shape index (κ3) is 5.82. The van der Waals surface area contributed by atoms with Crippen LogP contribution in [0.25, 0.3) is 5.57 Å². The van der Waals surface area contributed by atoms with E-state index in [4.69, 9.17) is 9.47 Å². The first-order valence-corrected chi connectivity index (χ1v) is 10.1. The predicted molar refractivity (Wildman–Crippen MR) is 121 cm³/mol. The van der Waals surface area contributed by atoms with Gasteiger partial charge in [-0.1, -0.05) is 74.5 Å². The maximum absolute atomic E-state index is 6.08. The van der Waals surface area contributed by atoms with E-state index in [-0.39, 0.29) is 5.41 Å². The van der Waals surface area contributed by atoms with Gasteiger partial charge in [-0.3, -0.25) is 0 Å². The first kappa shape index (κ1) is 20.9. The molecule has 0 radical (unpaired) electrons. The van der Waals surface area contributed by atoms with Crippen molar-refractivity contribution in [1.82, 2.24) is 0 Å². The number of benzene rings is 3. The molecule has 0 aliphatic rings. The molecule has 0 aliphatic heterocycles. The highest BCUT2D eigenvalue weighted by Crippen LogP contribution is 2.27. The summed E-state index contributed by atoms with van der Waals surface area (Å²) in [6, 6.07) is 26.7. The molecule has 0 aromatic heterocycles. The number of hydrogen-bond acceptors (Lipinski definition) is 2. The van der Waals surface area contributed by atoms with Gasteiger partial charge in [0.15, 0.2) is 0 Å². The van der Waals surface area contributed by atoms with Crippen molar-refractivity contribution in [3.63, 3.8) is 0 Å². The molecule has 29 heavy (non-hydrogen) atoms. The van der Waals surface area contributed by atoms with Gasteiger partial charge in [0.2, 0.25) is 0 Å². The molecule has 0 N–H and O–H groups in total. The Kier molecular flexibility index (Phi) is 6.90. The summed E-state index contributed by atoms with van der Waals surface area (Å²) < 4.78 is 12.0. The van der Waals surface area contributed by atoms with Crippen molar-refractivity contribution in [3.05, 3.63) is 102 Å². The zero-order valence-electron chi connectivity index (χ0n) is 17.8. The van der Waals surface area contributed by atoms with Crippen LogP contribution >= 0.6 is 0 Å². The number of hydrogen-bond donors (Lipinski definition) is 0. The minimum absolute atomic E-state index is 0.0550. The molecule has 0 spiro atoms. The van der Waals surface area contributed by atoms with Gasteiger partial charge in [-0.05, 0) is 60.4 Å². The fraction of sp³-hybridized carbons (Fsp3) is 0.259. The van der Waals surface area contributed by atoms with Crippen molar-refractivity contribution in [1.29, 1.82) is 0 Å². The summed E-state index contributed by atoms with van der Waals surface area (Å²) in [6.07, 6.45) is 2.14. The molecular weight excluding hydrogens is 356 g/mol. The van der Waals surface area contributed by atoms with Crippen LogP contribution in [0.2, 0.25) is 0 Å². The molecule has 0 saturated heterocycles. The van der Waals surface area contributed by atoms with Gasteiger partial charge in [0.1, 0.15) is 11.5 Å². The van der Waals surface area contributed by atoms with Crippen molar-refractivity contribution in [3.8, 4) is 11.5 Å². The molecule has 150 valence electrons. The summed E-state index contributed by atoms with van der Waals surface area (Å²) in [5.74, 6) is 1.66. The second-order valence-electron chi connectivity index (χ2n) is 7.99. The Balaban J connectivity index is 1.58. The van der Waals surface area contributed by atoms with Crippen LogP contribution in [0.15, 0.2) is 84.9 Å². The Morgan fingerprint density at radius 3 is 2.24 bits per heavy atom. The van der Waals surface area contributed by atoms with E-state index >= 15 is 0 Å². The lowest BCUT2D eigenvalue weighted by Crippen LogP contribution is -2.24. The average molecular weight is 387 g/mol. The highest BCUT2D eigenvalue weighted by molar-refractivity contribution is 5.63. The van der Waals surface area contributed by atoms with Crippen LogP contribution in [-0.4, -0.2) is 6.61 Å². The minimum atomic E-state index is -0.0550. The van der Waals surface area contributed by atoms with Gasteiger partial charge in [-0.25, -0.2) is 0 Å². The molecule has 0 saturated carbocycles. The van der Waals surface area contributed by atoms with Gasteiger partial charge in [0.05, 0.1) is 13.2 Å². The number of rotatable bonds is 8. The van der Waals surface area contributed by atoms with Gasteiger partial charge in [0, 0.05) is 5.41 Å². The number of ether oxygens (including phenoxy) is 2. The van der Waals surface area contributed by atoms with Crippen LogP contribution in [-0.2, 0) is 16.8 Å². The van der Waals surface area contributed by atoms with Gasteiger partial charge in [-0.2, -0.15) is 0 Å². The smallest absolute Gasteiger partial charge is 0.127 e. The van der Waals surface area contributed by atoms with E-state index in [0.717, 1.165) is 17.1 Å².